The van der Waals surface area contributed by atoms with Gasteiger partial charge in [-0.25, -0.2) is 9.18 Å². The Morgan fingerprint density at radius 3 is 2.71 bits per heavy atom. The van der Waals surface area contributed by atoms with Crippen molar-refractivity contribution in [2.24, 2.45) is 0 Å². The molecule has 0 aliphatic rings. The van der Waals surface area contributed by atoms with Gasteiger partial charge in [0, 0.05) is 5.56 Å². The van der Waals surface area contributed by atoms with Gasteiger partial charge in [-0.2, -0.15) is 0 Å². The first-order valence-electron chi connectivity index (χ1n) is 4.62. The number of hydrogen-bond acceptors (Lipinski definition) is 3. The average Bonchev–Trinajstić information content (AvgIpc) is 2.26. The Morgan fingerprint density at radius 2 is 2.12 bits per heavy atom. The molecule has 0 radical (unpaired) electrons. The van der Waals surface area contributed by atoms with Gasteiger partial charge in [0.1, 0.15) is 12.2 Å². The number of carboxylic acid groups (broad SMARTS) is 1. The van der Waals surface area contributed by atoms with Crippen LogP contribution in [-0.2, 0) is 9.53 Å². The quantitative estimate of drug-likeness (QED) is 0.623. The Bertz CT molecular complexity index is 511. The van der Waals surface area contributed by atoms with E-state index < -0.39 is 17.8 Å². The van der Waals surface area contributed by atoms with Crippen molar-refractivity contribution in [2.75, 3.05) is 7.11 Å². The summed E-state index contributed by atoms with van der Waals surface area (Å²) < 4.78 is 17.6. The van der Waals surface area contributed by atoms with Crippen LogP contribution in [0.3, 0.4) is 0 Å². The zero-order valence-electron chi connectivity index (χ0n) is 8.99. The van der Waals surface area contributed by atoms with Gasteiger partial charge in [-0.1, -0.05) is 11.8 Å². The predicted octanol–water partition coefficient (Wildman–Crippen LogP) is 1.44. The van der Waals surface area contributed by atoms with Gasteiger partial charge in [0.25, 0.3) is 0 Å². The average molecular weight is 236 g/mol. The van der Waals surface area contributed by atoms with Crippen molar-refractivity contribution in [1.29, 1.82) is 0 Å². The van der Waals surface area contributed by atoms with E-state index in [2.05, 4.69) is 16.6 Å². The molecule has 1 aromatic carbocycles. The molecule has 5 heteroatoms. The van der Waals surface area contributed by atoms with Gasteiger partial charge in [0.2, 0.25) is 0 Å². The molecule has 0 amide bonds. The molecule has 17 heavy (non-hydrogen) atoms. The lowest BCUT2D eigenvalue weighted by Gasteiger charge is -2.00. The lowest BCUT2D eigenvalue weighted by atomic mass is 10.1. The number of esters is 1. The normalized spacial score (nSPS) is 9.06. The second kappa shape index (κ2) is 5.66. The summed E-state index contributed by atoms with van der Waals surface area (Å²) in [7, 11) is 1.18. The molecule has 0 fully saturated rings. The Kier molecular flexibility index (Phi) is 4.23. The summed E-state index contributed by atoms with van der Waals surface area (Å²) in [5.41, 5.74) is 0.263. The minimum atomic E-state index is -1.07. The van der Waals surface area contributed by atoms with Crippen LogP contribution in [-0.4, -0.2) is 24.2 Å². The smallest absolute Gasteiger partial charge is 0.337 e. The monoisotopic (exact) mass is 236 g/mol. The molecule has 0 saturated heterocycles. The number of methoxy groups -OCH3 is 1. The number of ether oxygens (including phenoxy) is 1. The Balaban J connectivity index is 3.00. The molecular formula is C12H9FO4. The highest BCUT2D eigenvalue weighted by Crippen LogP contribution is 2.09. The summed E-state index contributed by atoms with van der Waals surface area (Å²) in [5.74, 6) is 2.43. The van der Waals surface area contributed by atoms with E-state index in [4.69, 9.17) is 5.11 Å². The van der Waals surface area contributed by atoms with Crippen molar-refractivity contribution >= 4 is 11.9 Å². The van der Waals surface area contributed by atoms with E-state index in [1.54, 1.807) is 0 Å². The third-order valence-corrected chi connectivity index (χ3v) is 1.79. The Labute approximate surface area is 97.0 Å². The lowest BCUT2D eigenvalue weighted by molar-refractivity contribution is -0.135. The van der Waals surface area contributed by atoms with Crippen LogP contribution in [0.1, 0.15) is 22.3 Å². The van der Waals surface area contributed by atoms with Gasteiger partial charge < -0.3 is 9.84 Å². The van der Waals surface area contributed by atoms with Crippen LogP contribution in [0.15, 0.2) is 18.2 Å². The van der Waals surface area contributed by atoms with Gasteiger partial charge in [0.05, 0.1) is 12.7 Å². The van der Waals surface area contributed by atoms with Crippen LogP contribution in [0.25, 0.3) is 0 Å². The van der Waals surface area contributed by atoms with Crippen LogP contribution >= 0.6 is 0 Å². The highest BCUT2D eigenvalue weighted by atomic mass is 19.1. The number of benzene rings is 1. The summed E-state index contributed by atoms with van der Waals surface area (Å²) in [4.78, 5) is 21.4. The molecule has 0 aliphatic carbocycles. The zero-order valence-corrected chi connectivity index (χ0v) is 8.99. The summed E-state index contributed by atoms with van der Waals surface area (Å²) in [6.07, 6.45) is -0.343. The maximum atomic E-state index is 13.1. The van der Waals surface area contributed by atoms with E-state index in [9.17, 15) is 14.0 Å². The molecule has 0 spiro atoms. The molecule has 0 heterocycles. The summed E-state index contributed by atoms with van der Waals surface area (Å²) in [6, 6.07) is 3.47. The zero-order chi connectivity index (χ0) is 12.8. The van der Waals surface area contributed by atoms with Gasteiger partial charge in [-0.3, -0.25) is 4.79 Å². The molecule has 1 rings (SSSR count). The topological polar surface area (TPSA) is 63.6 Å². The van der Waals surface area contributed by atoms with E-state index in [1.807, 2.05) is 0 Å². The van der Waals surface area contributed by atoms with Crippen molar-refractivity contribution < 1.29 is 23.8 Å². The Hall–Kier alpha value is -2.35. The first kappa shape index (κ1) is 12.7. The molecule has 0 aliphatic heterocycles. The molecule has 1 aromatic rings. The summed E-state index contributed by atoms with van der Waals surface area (Å²) in [5, 5.41) is 8.38. The minimum absolute atomic E-state index is 0.0344. The summed E-state index contributed by atoms with van der Waals surface area (Å²) >= 11 is 0. The fourth-order valence-corrected chi connectivity index (χ4v) is 1.12. The maximum absolute atomic E-state index is 13.1. The van der Waals surface area contributed by atoms with E-state index in [1.165, 1.54) is 13.2 Å². The highest BCUT2D eigenvalue weighted by Gasteiger charge is 2.07. The first-order valence-corrected chi connectivity index (χ1v) is 4.62. The Morgan fingerprint density at radius 1 is 1.41 bits per heavy atom. The molecule has 0 atom stereocenters. The molecule has 1 N–H and O–H groups in total. The summed E-state index contributed by atoms with van der Waals surface area (Å²) in [6.45, 7) is 0. The second-order valence-corrected chi connectivity index (χ2v) is 3.09. The largest absolute Gasteiger partial charge is 0.481 e. The van der Waals surface area contributed by atoms with Crippen molar-refractivity contribution in [3.8, 4) is 11.8 Å². The van der Waals surface area contributed by atoms with Crippen LogP contribution in [0.2, 0.25) is 0 Å². The van der Waals surface area contributed by atoms with Gasteiger partial charge >= 0.3 is 11.9 Å². The second-order valence-electron chi connectivity index (χ2n) is 3.09. The number of carbonyl (C=O) groups excluding carboxylic acids is 1. The number of rotatable bonds is 2. The molecular weight excluding hydrogens is 227 g/mol. The highest BCUT2D eigenvalue weighted by molar-refractivity contribution is 5.89. The molecule has 88 valence electrons. The molecule has 0 unspecified atom stereocenters. The number of hydrogen-bond donors (Lipinski definition) is 1. The number of halogens is 1. The number of carboxylic acids is 1. The standard InChI is InChI=1S/C12H9FO4/c1-17-12(16)9-5-8(6-10(13)7-9)3-2-4-11(14)15/h5-7H,4H2,1H3,(H,14,15). The SMILES string of the molecule is COC(=O)c1cc(F)cc(C#CCC(=O)O)c1. The fraction of sp³-hybridized carbons (Fsp3) is 0.167. The molecule has 0 saturated carbocycles. The third kappa shape index (κ3) is 3.95. The van der Waals surface area contributed by atoms with E-state index in [-0.39, 0.29) is 17.5 Å². The van der Waals surface area contributed by atoms with Gasteiger partial charge in [0.15, 0.2) is 0 Å². The van der Waals surface area contributed by atoms with Crippen molar-refractivity contribution in [2.45, 2.75) is 6.42 Å². The molecule has 4 nitrogen and oxygen atoms in total. The molecule has 0 bridgehead atoms. The van der Waals surface area contributed by atoms with Gasteiger partial charge in [-0.05, 0) is 18.2 Å². The van der Waals surface area contributed by atoms with E-state index in [0.717, 1.165) is 12.1 Å². The van der Waals surface area contributed by atoms with Crippen molar-refractivity contribution in [3.05, 3.63) is 35.1 Å². The van der Waals surface area contributed by atoms with Gasteiger partial charge in [-0.15, -0.1) is 0 Å². The van der Waals surface area contributed by atoms with Crippen molar-refractivity contribution in [1.82, 2.24) is 0 Å². The van der Waals surface area contributed by atoms with E-state index >= 15 is 0 Å². The van der Waals surface area contributed by atoms with Crippen LogP contribution in [0.5, 0.6) is 0 Å². The number of aliphatic carboxylic acids is 1. The van der Waals surface area contributed by atoms with Crippen molar-refractivity contribution in [3.63, 3.8) is 0 Å². The first-order chi connectivity index (χ1) is 8.02. The number of carbonyl (C=O) groups is 2. The molecule has 0 aromatic heterocycles. The predicted molar refractivity (Wildman–Crippen MR) is 56.9 cm³/mol. The minimum Gasteiger partial charge on any atom is -0.481 e. The van der Waals surface area contributed by atoms with Crippen LogP contribution in [0, 0.1) is 17.7 Å². The van der Waals surface area contributed by atoms with E-state index in [0.29, 0.717) is 0 Å². The van der Waals surface area contributed by atoms with Crippen LogP contribution in [0.4, 0.5) is 4.39 Å². The van der Waals surface area contributed by atoms with Crippen LogP contribution < -0.4 is 0 Å². The fourth-order valence-electron chi connectivity index (χ4n) is 1.12. The third-order valence-electron chi connectivity index (χ3n) is 1.79. The lowest BCUT2D eigenvalue weighted by Crippen LogP contribution is -2.02. The maximum Gasteiger partial charge on any atom is 0.337 e.